The van der Waals surface area contributed by atoms with Crippen molar-refractivity contribution in [2.75, 3.05) is 18.4 Å². The highest BCUT2D eigenvalue weighted by molar-refractivity contribution is 5.36. The maximum atomic E-state index is 4.39. The van der Waals surface area contributed by atoms with Gasteiger partial charge in [0, 0.05) is 18.8 Å². The van der Waals surface area contributed by atoms with Crippen molar-refractivity contribution in [2.45, 2.75) is 32.2 Å². The number of hydrogen-bond acceptors (Lipinski definition) is 3. The molecule has 1 unspecified atom stereocenters. The zero-order chi connectivity index (χ0) is 10.5. The maximum absolute atomic E-state index is 4.39. The Morgan fingerprint density at radius 1 is 1.47 bits per heavy atom. The molecule has 3 heteroatoms. The standard InChI is InChI=1S/C12H19N3/c1-2-13-12-7-6-10(9-15-12)11-5-3-4-8-14-11/h6-7,9,11,14H,2-5,8H2,1H3,(H,13,15). The fourth-order valence-corrected chi connectivity index (χ4v) is 2.03. The van der Waals surface area contributed by atoms with Crippen molar-refractivity contribution in [3.63, 3.8) is 0 Å². The highest BCUT2D eigenvalue weighted by Crippen LogP contribution is 2.22. The minimum absolute atomic E-state index is 0.516. The number of nitrogens with zero attached hydrogens (tertiary/aromatic N) is 1. The first kappa shape index (κ1) is 10.4. The summed E-state index contributed by atoms with van der Waals surface area (Å²) in [6.07, 6.45) is 5.86. The third kappa shape index (κ3) is 2.69. The number of pyridine rings is 1. The number of piperidine rings is 1. The molecule has 3 nitrogen and oxygen atoms in total. The van der Waals surface area contributed by atoms with Gasteiger partial charge in [-0.2, -0.15) is 0 Å². The van der Waals surface area contributed by atoms with Crippen LogP contribution < -0.4 is 10.6 Å². The van der Waals surface area contributed by atoms with Crippen molar-refractivity contribution in [3.8, 4) is 0 Å². The van der Waals surface area contributed by atoms with E-state index >= 15 is 0 Å². The Hall–Kier alpha value is -1.09. The lowest BCUT2D eigenvalue weighted by atomic mass is 9.99. The minimum atomic E-state index is 0.516. The summed E-state index contributed by atoms with van der Waals surface area (Å²) in [7, 11) is 0. The van der Waals surface area contributed by atoms with Gasteiger partial charge in [0.15, 0.2) is 0 Å². The molecular weight excluding hydrogens is 186 g/mol. The van der Waals surface area contributed by atoms with Crippen molar-refractivity contribution in [2.24, 2.45) is 0 Å². The summed E-state index contributed by atoms with van der Waals surface area (Å²) in [5.41, 5.74) is 1.32. The highest BCUT2D eigenvalue weighted by atomic mass is 15.0. The van der Waals surface area contributed by atoms with Gasteiger partial charge in [-0.15, -0.1) is 0 Å². The molecule has 1 aromatic heterocycles. The Labute approximate surface area is 91.3 Å². The molecule has 2 rings (SSSR count). The van der Waals surface area contributed by atoms with Gasteiger partial charge >= 0.3 is 0 Å². The largest absolute Gasteiger partial charge is 0.370 e. The smallest absolute Gasteiger partial charge is 0.125 e. The number of hydrogen-bond donors (Lipinski definition) is 2. The van der Waals surface area contributed by atoms with Crippen LogP contribution in [-0.4, -0.2) is 18.1 Å². The molecule has 2 heterocycles. The first-order valence-electron chi connectivity index (χ1n) is 5.83. The average Bonchev–Trinajstić information content (AvgIpc) is 2.32. The predicted octanol–water partition coefficient (Wildman–Crippen LogP) is 2.33. The molecule has 0 spiro atoms. The Balaban J connectivity index is 2.02. The van der Waals surface area contributed by atoms with Crippen molar-refractivity contribution in [3.05, 3.63) is 23.9 Å². The van der Waals surface area contributed by atoms with Crippen LogP contribution in [0, 0.1) is 0 Å². The van der Waals surface area contributed by atoms with Crippen molar-refractivity contribution in [1.29, 1.82) is 0 Å². The summed E-state index contributed by atoms with van der Waals surface area (Å²) < 4.78 is 0. The van der Waals surface area contributed by atoms with Gasteiger partial charge in [-0.25, -0.2) is 4.98 Å². The molecule has 1 fully saturated rings. The monoisotopic (exact) mass is 205 g/mol. The summed E-state index contributed by atoms with van der Waals surface area (Å²) in [6, 6.07) is 4.75. The summed E-state index contributed by atoms with van der Waals surface area (Å²) in [5.74, 6) is 0.969. The Kier molecular flexibility index (Phi) is 3.56. The van der Waals surface area contributed by atoms with Gasteiger partial charge in [0.1, 0.15) is 5.82 Å². The fraction of sp³-hybridized carbons (Fsp3) is 0.583. The van der Waals surface area contributed by atoms with Crippen molar-refractivity contribution in [1.82, 2.24) is 10.3 Å². The molecule has 1 aromatic rings. The lowest BCUT2D eigenvalue weighted by Crippen LogP contribution is -2.26. The zero-order valence-electron chi connectivity index (χ0n) is 9.29. The van der Waals surface area contributed by atoms with Crippen LogP contribution in [0.5, 0.6) is 0 Å². The lowest BCUT2D eigenvalue weighted by molar-refractivity contribution is 0.411. The van der Waals surface area contributed by atoms with Gasteiger partial charge in [0.05, 0.1) is 0 Å². The van der Waals surface area contributed by atoms with Crippen molar-refractivity contribution < 1.29 is 0 Å². The van der Waals surface area contributed by atoms with Crippen LogP contribution in [0.4, 0.5) is 5.82 Å². The third-order valence-corrected chi connectivity index (χ3v) is 2.86. The van der Waals surface area contributed by atoms with Gasteiger partial charge in [-0.1, -0.05) is 12.5 Å². The van der Waals surface area contributed by atoms with Crippen LogP contribution in [0.2, 0.25) is 0 Å². The molecule has 1 aliphatic rings. The number of aromatic nitrogens is 1. The van der Waals surface area contributed by atoms with Gasteiger partial charge in [-0.3, -0.25) is 0 Å². The molecule has 1 saturated heterocycles. The second-order valence-electron chi connectivity index (χ2n) is 4.01. The van der Waals surface area contributed by atoms with Gasteiger partial charge in [0.2, 0.25) is 0 Å². The first-order chi connectivity index (χ1) is 7.40. The summed E-state index contributed by atoms with van der Waals surface area (Å²) in [4.78, 5) is 4.39. The molecule has 1 aliphatic heterocycles. The quantitative estimate of drug-likeness (QED) is 0.795. The summed E-state index contributed by atoms with van der Waals surface area (Å²) >= 11 is 0. The average molecular weight is 205 g/mol. The van der Waals surface area contributed by atoms with E-state index in [0.29, 0.717) is 6.04 Å². The van der Waals surface area contributed by atoms with Crippen LogP contribution in [-0.2, 0) is 0 Å². The second kappa shape index (κ2) is 5.12. The molecule has 15 heavy (non-hydrogen) atoms. The van der Waals surface area contributed by atoms with E-state index in [1.807, 2.05) is 6.20 Å². The van der Waals surface area contributed by atoms with Gasteiger partial charge in [0.25, 0.3) is 0 Å². The Bertz CT molecular complexity index is 288. The first-order valence-corrected chi connectivity index (χ1v) is 5.83. The predicted molar refractivity (Wildman–Crippen MR) is 63.0 cm³/mol. The van der Waals surface area contributed by atoms with E-state index in [9.17, 15) is 0 Å². The zero-order valence-corrected chi connectivity index (χ0v) is 9.29. The minimum Gasteiger partial charge on any atom is -0.370 e. The summed E-state index contributed by atoms with van der Waals surface area (Å²) in [5, 5.41) is 6.73. The number of rotatable bonds is 3. The maximum Gasteiger partial charge on any atom is 0.125 e. The molecule has 0 aromatic carbocycles. The lowest BCUT2D eigenvalue weighted by Gasteiger charge is -2.23. The SMILES string of the molecule is CCNc1ccc(C2CCCCN2)cn1. The van der Waals surface area contributed by atoms with E-state index < -0.39 is 0 Å². The van der Waals surface area contributed by atoms with Crippen LogP contribution in [0.1, 0.15) is 37.8 Å². The topological polar surface area (TPSA) is 37.0 Å². The van der Waals surface area contributed by atoms with Crippen LogP contribution >= 0.6 is 0 Å². The molecule has 0 saturated carbocycles. The van der Waals surface area contributed by atoms with Gasteiger partial charge < -0.3 is 10.6 Å². The highest BCUT2D eigenvalue weighted by Gasteiger charge is 2.14. The van der Waals surface area contributed by atoms with Gasteiger partial charge in [-0.05, 0) is 37.9 Å². The Morgan fingerprint density at radius 2 is 2.40 bits per heavy atom. The molecule has 0 bridgehead atoms. The van der Waals surface area contributed by atoms with E-state index in [1.165, 1.54) is 24.8 Å². The molecule has 2 N–H and O–H groups in total. The normalized spacial score (nSPS) is 21.3. The molecule has 0 radical (unpaired) electrons. The van der Waals surface area contributed by atoms with E-state index in [0.717, 1.165) is 18.9 Å². The molecule has 1 atom stereocenters. The van der Waals surface area contributed by atoms with Crippen LogP contribution in [0.25, 0.3) is 0 Å². The second-order valence-corrected chi connectivity index (χ2v) is 4.01. The van der Waals surface area contributed by atoms with E-state index in [-0.39, 0.29) is 0 Å². The summed E-state index contributed by atoms with van der Waals surface area (Å²) in [6.45, 7) is 4.14. The fourth-order valence-electron chi connectivity index (χ4n) is 2.03. The van der Waals surface area contributed by atoms with Crippen molar-refractivity contribution >= 4 is 5.82 Å². The van der Waals surface area contributed by atoms with E-state index in [1.54, 1.807) is 0 Å². The van der Waals surface area contributed by atoms with Crippen LogP contribution in [0.15, 0.2) is 18.3 Å². The molecular formula is C12H19N3. The van der Waals surface area contributed by atoms with Crippen LogP contribution in [0.3, 0.4) is 0 Å². The van der Waals surface area contributed by atoms with E-state index in [4.69, 9.17) is 0 Å². The molecule has 82 valence electrons. The van der Waals surface area contributed by atoms with E-state index in [2.05, 4.69) is 34.7 Å². The molecule has 0 aliphatic carbocycles. The Morgan fingerprint density at radius 3 is 3.00 bits per heavy atom. The third-order valence-electron chi connectivity index (χ3n) is 2.86. The number of nitrogens with one attached hydrogen (secondary N) is 2. The molecule has 0 amide bonds. The number of anilines is 1.